The molecule has 0 saturated carbocycles. The second-order valence-electron chi connectivity index (χ2n) is 7.03. The minimum atomic E-state index is -0.0126. The van der Waals surface area contributed by atoms with Gasteiger partial charge in [-0.25, -0.2) is 0 Å². The predicted molar refractivity (Wildman–Crippen MR) is 87.0 cm³/mol. The highest BCUT2D eigenvalue weighted by Gasteiger charge is 2.35. The molecule has 1 aromatic rings. The number of ether oxygens (including phenoxy) is 2. The molecule has 3 fully saturated rings. The molecule has 3 saturated heterocycles. The first-order valence-electron chi connectivity index (χ1n) is 8.61. The zero-order chi connectivity index (χ0) is 16.0. The van der Waals surface area contributed by atoms with E-state index in [1.165, 1.54) is 25.9 Å². The van der Waals surface area contributed by atoms with Gasteiger partial charge in [0, 0.05) is 18.2 Å². The van der Waals surface area contributed by atoms with Crippen LogP contribution in [0.4, 0.5) is 0 Å². The average molecular weight is 316 g/mol. The lowest BCUT2D eigenvalue weighted by molar-refractivity contribution is 0.0427. The molecule has 2 bridgehead atoms. The lowest BCUT2D eigenvalue weighted by atomic mass is 9.84. The molecule has 0 unspecified atom stereocenters. The maximum atomic E-state index is 12.6. The summed E-state index contributed by atoms with van der Waals surface area (Å²) in [5.74, 6) is 2.00. The molecule has 1 amide bonds. The van der Waals surface area contributed by atoms with Crippen LogP contribution in [0.15, 0.2) is 18.2 Å². The Bertz CT molecular complexity index is 610. The first kappa shape index (κ1) is 14.8. The van der Waals surface area contributed by atoms with Gasteiger partial charge >= 0.3 is 0 Å². The van der Waals surface area contributed by atoms with Crippen molar-refractivity contribution < 1.29 is 14.3 Å². The molecule has 1 N–H and O–H groups in total. The van der Waals surface area contributed by atoms with E-state index in [0.717, 1.165) is 12.3 Å². The smallest absolute Gasteiger partial charge is 0.251 e. The van der Waals surface area contributed by atoms with Gasteiger partial charge in [0.1, 0.15) is 12.2 Å². The quantitative estimate of drug-likeness (QED) is 0.907. The van der Waals surface area contributed by atoms with Crippen molar-refractivity contribution in [3.05, 3.63) is 23.8 Å². The van der Waals surface area contributed by atoms with Gasteiger partial charge in [-0.1, -0.05) is 0 Å². The fourth-order valence-electron chi connectivity index (χ4n) is 3.81. The van der Waals surface area contributed by atoms with E-state index >= 15 is 0 Å². The Morgan fingerprint density at radius 3 is 2.48 bits per heavy atom. The minimum absolute atomic E-state index is 0.0114. The van der Waals surface area contributed by atoms with E-state index in [1.54, 1.807) is 6.07 Å². The summed E-state index contributed by atoms with van der Waals surface area (Å²) in [6.45, 7) is 7.30. The largest absolute Gasteiger partial charge is 0.483 e. The lowest BCUT2D eigenvalue weighted by Gasteiger charge is -2.44. The van der Waals surface area contributed by atoms with Crippen molar-refractivity contribution in [3.63, 3.8) is 0 Å². The number of fused-ring (bicyclic) bond motifs is 4. The maximum absolute atomic E-state index is 12.6. The summed E-state index contributed by atoms with van der Waals surface area (Å²) in [7, 11) is 0. The summed E-state index contributed by atoms with van der Waals surface area (Å²) in [4.78, 5) is 15.0. The number of carbonyl (C=O) groups excluding carboxylic acids is 1. The van der Waals surface area contributed by atoms with Crippen LogP contribution in [-0.4, -0.2) is 48.7 Å². The number of nitrogens with zero attached hydrogens (tertiary/aromatic N) is 1. The van der Waals surface area contributed by atoms with Crippen molar-refractivity contribution in [2.24, 2.45) is 5.92 Å². The summed E-state index contributed by atoms with van der Waals surface area (Å²) in [5.41, 5.74) is 0.644. The fraction of sp³-hybridized carbons (Fsp3) is 0.611. The van der Waals surface area contributed by atoms with Crippen molar-refractivity contribution >= 4 is 5.91 Å². The molecule has 0 spiro atoms. The molecule has 23 heavy (non-hydrogen) atoms. The van der Waals surface area contributed by atoms with Crippen LogP contribution < -0.4 is 14.8 Å². The number of piperidine rings is 3. The summed E-state index contributed by atoms with van der Waals surface area (Å²) >= 11 is 0. The monoisotopic (exact) mass is 316 g/mol. The molecule has 0 aromatic heterocycles. The summed E-state index contributed by atoms with van der Waals surface area (Å²) in [5, 5.41) is 3.22. The van der Waals surface area contributed by atoms with Crippen LogP contribution in [0.3, 0.4) is 0 Å². The van der Waals surface area contributed by atoms with Gasteiger partial charge in [-0.3, -0.25) is 4.79 Å². The number of amides is 1. The fourth-order valence-corrected chi connectivity index (χ4v) is 3.81. The normalized spacial score (nSPS) is 35.0. The van der Waals surface area contributed by atoms with Crippen molar-refractivity contribution in [1.29, 1.82) is 0 Å². The van der Waals surface area contributed by atoms with E-state index in [1.807, 2.05) is 26.0 Å². The number of hydrogen-bond acceptors (Lipinski definition) is 4. The topological polar surface area (TPSA) is 50.8 Å². The highest BCUT2D eigenvalue weighted by molar-refractivity contribution is 5.95. The molecule has 0 radical (unpaired) electrons. The van der Waals surface area contributed by atoms with Crippen LogP contribution in [0, 0.1) is 5.92 Å². The predicted octanol–water partition coefficient (Wildman–Crippen LogP) is 2.06. The van der Waals surface area contributed by atoms with Gasteiger partial charge in [0.15, 0.2) is 11.5 Å². The SMILES string of the molecule is C[C@@H]1Oc2ccc(C(=O)N[C@H]3CN4CCC3CC4)cc2O[C@H]1C. The van der Waals surface area contributed by atoms with Gasteiger partial charge in [0.05, 0.1) is 0 Å². The molecule has 4 heterocycles. The molecular formula is C18H24N2O3. The Labute approximate surface area is 136 Å². The number of hydrogen-bond donors (Lipinski definition) is 1. The van der Waals surface area contributed by atoms with Crippen LogP contribution in [0.1, 0.15) is 37.0 Å². The second-order valence-corrected chi connectivity index (χ2v) is 7.03. The molecule has 1 aromatic carbocycles. The Morgan fingerprint density at radius 2 is 1.83 bits per heavy atom. The van der Waals surface area contributed by atoms with Gasteiger partial charge in [-0.15, -0.1) is 0 Å². The maximum Gasteiger partial charge on any atom is 0.251 e. The Kier molecular flexibility index (Phi) is 3.68. The van der Waals surface area contributed by atoms with Crippen molar-refractivity contribution in [2.75, 3.05) is 19.6 Å². The molecule has 4 aliphatic rings. The second kappa shape index (κ2) is 5.71. The number of carbonyl (C=O) groups is 1. The Balaban J connectivity index is 1.48. The molecule has 5 heteroatoms. The zero-order valence-corrected chi connectivity index (χ0v) is 13.7. The van der Waals surface area contributed by atoms with Crippen molar-refractivity contribution in [1.82, 2.24) is 10.2 Å². The first-order valence-corrected chi connectivity index (χ1v) is 8.61. The number of nitrogens with one attached hydrogen (secondary N) is 1. The standard InChI is InChI=1S/C18H24N2O3/c1-11-12(2)23-17-9-14(3-4-16(17)22-11)18(21)19-15-10-20-7-5-13(15)6-8-20/h3-4,9,11-13,15H,5-8,10H2,1-2H3,(H,19,21)/t11-,12-,15-/m0/s1. The molecular weight excluding hydrogens is 292 g/mol. The van der Waals surface area contributed by atoms with Crippen molar-refractivity contribution in [2.45, 2.75) is 44.9 Å². The van der Waals surface area contributed by atoms with Gasteiger partial charge in [-0.2, -0.15) is 0 Å². The average Bonchev–Trinajstić information content (AvgIpc) is 2.56. The van der Waals surface area contributed by atoms with Crippen LogP contribution in [0.25, 0.3) is 0 Å². The van der Waals surface area contributed by atoms with Gasteiger partial charge in [0.2, 0.25) is 0 Å². The number of benzene rings is 1. The van der Waals surface area contributed by atoms with Crippen LogP contribution in [0.5, 0.6) is 11.5 Å². The third-order valence-corrected chi connectivity index (χ3v) is 5.47. The molecule has 0 aliphatic carbocycles. The van der Waals surface area contributed by atoms with Crippen LogP contribution in [0.2, 0.25) is 0 Å². The Hall–Kier alpha value is -1.75. The molecule has 124 valence electrons. The van der Waals surface area contributed by atoms with E-state index in [2.05, 4.69) is 10.2 Å². The third-order valence-electron chi connectivity index (χ3n) is 5.47. The molecule has 5 nitrogen and oxygen atoms in total. The zero-order valence-electron chi connectivity index (χ0n) is 13.7. The highest BCUT2D eigenvalue weighted by Crippen LogP contribution is 2.35. The van der Waals surface area contributed by atoms with Gasteiger partial charge < -0.3 is 19.7 Å². The van der Waals surface area contributed by atoms with Crippen LogP contribution in [-0.2, 0) is 0 Å². The number of rotatable bonds is 2. The van der Waals surface area contributed by atoms with E-state index in [9.17, 15) is 4.79 Å². The summed E-state index contributed by atoms with van der Waals surface area (Å²) < 4.78 is 11.7. The highest BCUT2D eigenvalue weighted by atomic mass is 16.6. The summed E-state index contributed by atoms with van der Waals surface area (Å²) in [6.07, 6.45) is 2.40. The summed E-state index contributed by atoms with van der Waals surface area (Å²) in [6, 6.07) is 5.73. The minimum Gasteiger partial charge on any atom is -0.483 e. The van der Waals surface area contributed by atoms with E-state index in [4.69, 9.17) is 9.47 Å². The molecule has 5 rings (SSSR count). The lowest BCUT2D eigenvalue weighted by Crippen LogP contribution is -2.57. The van der Waals surface area contributed by atoms with Gasteiger partial charge in [-0.05, 0) is 63.9 Å². The van der Waals surface area contributed by atoms with Crippen LogP contribution >= 0.6 is 0 Å². The Morgan fingerprint density at radius 1 is 1.13 bits per heavy atom. The molecule has 3 atom stereocenters. The van der Waals surface area contributed by atoms with E-state index in [0.29, 0.717) is 17.2 Å². The molecule has 4 aliphatic heterocycles. The van der Waals surface area contributed by atoms with Gasteiger partial charge in [0.25, 0.3) is 5.91 Å². The van der Waals surface area contributed by atoms with E-state index in [-0.39, 0.29) is 24.2 Å². The third kappa shape index (κ3) is 2.78. The van der Waals surface area contributed by atoms with E-state index < -0.39 is 0 Å². The van der Waals surface area contributed by atoms with Crippen molar-refractivity contribution in [3.8, 4) is 11.5 Å². The first-order chi connectivity index (χ1) is 11.1.